The molecule has 0 heterocycles. The first kappa shape index (κ1) is 15.0. The van der Waals surface area contributed by atoms with Gasteiger partial charge in [-0.1, -0.05) is 25.1 Å². The molecule has 2 saturated carbocycles. The van der Waals surface area contributed by atoms with Gasteiger partial charge < -0.3 is 9.84 Å². The number of aryl methyl sites for hydroxylation is 1. The van der Waals surface area contributed by atoms with Gasteiger partial charge in [0, 0.05) is 5.41 Å². The maximum atomic E-state index is 11.3. The quantitative estimate of drug-likeness (QED) is 0.764. The molecular formula is C22H28O2. The summed E-state index contributed by atoms with van der Waals surface area (Å²) in [5.41, 5.74) is 2.87. The largest absolute Gasteiger partial charge is 0.497 e. The van der Waals surface area contributed by atoms with Gasteiger partial charge in [0.15, 0.2) is 0 Å². The van der Waals surface area contributed by atoms with Gasteiger partial charge in [-0.05, 0) is 85.5 Å². The summed E-state index contributed by atoms with van der Waals surface area (Å²) >= 11 is 0. The summed E-state index contributed by atoms with van der Waals surface area (Å²) < 4.78 is 5.44. The van der Waals surface area contributed by atoms with Gasteiger partial charge in [-0.2, -0.15) is 0 Å². The van der Waals surface area contributed by atoms with E-state index in [4.69, 9.17) is 4.74 Å². The Balaban J connectivity index is 1.60. The predicted molar refractivity (Wildman–Crippen MR) is 95.3 cm³/mol. The van der Waals surface area contributed by atoms with Gasteiger partial charge in [0.05, 0.1) is 12.7 Å². The van der Waals surface area contributed by atoms with Crippen LogP contribution in [-0.4, -0.2) is 17.8 Å². The molecule has 1 aromatic carbocycles. The van der Waals surface area contributed by atoms with Crippen LogP contribution in [0.3, 0.4) is 0 Å². The monoisotopic (exact) mass is 324 g/mol. The van der Waals surface area contributed by atoms with Gasteiger partial charge in [-0.15, -0.1) is 0 Å². The maximum Gasteiger partial charge on any atom is 0.119 e. The normalized spacial score (nSPS) is 45.3. The second-order valence-corrected chi connectivity index (χ2v) is 8.87. The Labute approximate surface area is 144 Å². The average molecular weight is 324 g/mol. The molecule has 2 bridgehead atoms. The van der Waals surface area contributed by atoms with E-state index in [1.165, 1.54) is 31.2 Å². The fourth-order valence-electron chi connectivity index (χ4n) is 7.15. The molecule has 24 heavy (non-hydrogen) atoms. The zero-order valence-electron chi connectivity index (χ0n) is 14.8. The number of rotatable bonds is 1. The fourth-order valence-corrected chi connectivity index (χ4v) is 7.15. The van der Waals surface area contributed by atoms with Crippen LogP contribution >= 0.6 is 0 Å². The molecule has 0 unspecified atom stereocenters. The number of allylic oxidation sites excluding steroid dienone is 1. The Hall–Kier alpha value is -1.28. The van der Waals surface area contributed by atoms with Gasteiger partial charge in [-0.25, -0.2) is 0 Å². The first-order chi connectivity index (χ1) is 11.5. The van der Waals surface area contributed by atoms with Crippen molar-refractivity contribution in [1.82, 2.24) is 0 Å². The summed E-state index contributed by atoms with van der Waals surface area (Å²) in [6.07, 6.45) is 12.6. The molecule has 0 spiro atoms. The molecule has 5 atom stereocenters. The second-order valence-electron chi connectivity index (χ2n) is 8.87. The van der Waals surface area contributed by atoms with E-state index in [9.17, 15) is 5.11 Å². The van der Waals surface area contributed by atoms with Crippen LogP contribution in [0.2, 0.25) is 0 Å². The van der Waals surface area contributed by atoms with Gasteiger partial charge in [0.2, 0.25) is 0 Å². The number of benzene rings is 1. The highest BCUT2D eigenvalue weighted by Gasteiger charge is 2.69. The fraction of sp³-hybridized carbons (Fsp3) is 0.636. The molecule has 0 radical (unpaired) electrons. The maximum absolute atomic E-state index is 11.3. The van der Waals surface area contributed by atoms with Crippen LogP contribution in [0, 0.1) is 16.7 Å². The van der Waals surface area contributed by atoms with Crippen molar-refractivity contribution in [1.29, 1.82) is 0 Å². The molecule has 2 nitrogen and oxygen atoms in total. The molecular weight excluding hydrogens is 296 g/mol. The first-order valence-corrected chi connectivity index (χ1v) is 9.60. The van der Waals surface area contributed by atoms with Crippen molar-refractivity contribution >= 4 is 0 Å². The molecule has 4 aliphatic rings. The second kappa shape index (κ2) is 4.66. The third-order valence-electron chi connectivity index (χ3n) is 8.51. The van der Waals surface area contributed by atoms with Gasteiger partial charge in [-0.3, -0.25) is 0 Å². The molecule has 2 fully saturated rings. The molecule has 1 aromatic rings. The third-order valence-corrected chi connectivity index (χ3v) is 8.51. The van der Waals surface area contributed by atoms with E-state index in [1.54, 1.807) is 12.7 Å². The minimum atomic E-state index is -0.559. The van der Waals surface area contributed by atoms with Crippen LogP contribution in [0.25, 0.3) is 0 Å². The minimum absolute atomic E-state index is 0.0693. The van der Waals surface area contributed by atoms with Crippen molar-refractivity contribution < 1.29 is 9.84 Å². The number of methoxy groups -OCH3 is 1. The molecule has 0 saturated heterocycles. The van der Waals surface area contributed by atoms with Gasteiger partial charge >= 0.3 is 0 Å². The summed E-state index contributed by atoms with van der Waals surface area (Å²) in [6.45, 7) is 2.39. The lowest BCUT2D eigenvalue weighted by molar-refractivity contribution is -0.132. The molecule has 128 valence electrons. The highest BCUT2D eigenvalue weighted by atomic mass is 16.5. The van der Waals surface area contributed by atoms with Crippen molar-refractivity contribution in [2.24, 2.45) is 16.7 Å². The Morgan fingerprint density at radius 3 is 2.88 bits per heavy atom. The average Bonchev–Trinajstić information content (AvgIpc) is 2.72. The van der Waals surface area contributed by atoms with Gasteiger partial charge in [0.25, 0.3) is 0 Å². The Kier molecular flexibility index (Phi) is 2.92. The number of ether oxygens (including phenoxy) is 1. The van der Waals surface area contributed by atoms with E-state index >= 15 is 0 Å². The van der Waals surface area contributed by atoms with E-state index in [1.807, 2.05) is 0 Å². The Bertz CT molecular complexity index is 723. The van der Waals surface area contributed by atoms with Crippen molar-refractivity contribution in [3.05, 3.63) is 41.5 Å². The van der Waals surface area contributed by atoms with Crippen molar-refractivity contribution in [3.63, 3.8) is 0 Å². The molecule has 4 aliphatic carbocycles. The summed E-state index contributed by atoms with van der Waals surface area (Å²) in [4.78, 5) is 0. The smallest absolute Gasteiger partial charge is 0.119 e. The standard InChI is InChI=1S/C22H28O2/c1-20-11-8-18-17-6-5-16(24-2)14-15(17)4-7-19(18)21(20)9-3-10-22(20,23)13-12-21/h3,5-6,10,14,18-19,23H,4,7-9,11-13H2,1-2H3/t18-,19-,20+,21-,22-/m1/s1. The predicted octanol–water partition coefficient (Wildman–Crippen LogP) is 4.61. The van der Waals surface area contributed by atoms with E-state index in [-0.39, 0.29) is 5.41 Å². The van der Waals surface area contributed by atoms with E-state index in [0.717, 1.165) is 30.9 Å². The highest BCUT2D eigenvalue weighted by Crippen LogP contribution is 2.74. The number of aliphatic hydroxyl groups is 1. The molecule has 1 N–H and O–H groups in total. The number of fused-ring (bicyclic) bond motifs is 3. The zero-order valence-corrected chi connectivity index (χ0v) is 14.8. The van der Waals surface area contributed by atoms with E-state index < -0.39 is 5.60 Å². The lowest BCUT2D eigenvalue weighted by Gasteiger charge is -2.61. The molecule has 5 rings (SSSR count). The minimum Gasteiger partial charge on any atom is -0.497 e. The van der Waals surface area contributed by atoms with Crippen LogP contribution in [0.1, 0.15) is 62.5 Å². The number of hydrogen-bond donors (Lipinski definition) is 1. The van der Waals surface area contributed by atoms with Crippen LogP contribution in [-0.2, 0) is 6.42 Å². The molecule has 2 heteroatoms. The van der Waals surface area contributed by atoms with Crippen LogP contribution < -0.4 is 4.74 Å². The Morgan fingerprint density at radius 1 is 1.17 bits per heavy atom. The lowest BCUT2D eigenvalue weighted by Crippen LogP contribution is -2.57. The molecule has 0 amide bonds. The van der Waals surface area contributed by atoms with Crippen molar-refractivity contribution in [2.75, 3.05) is 7.11 Å². The Morgan fingerprint density at radius 2 is 2.04 bits per heavy atom. The number of hydrogen-bond acceptors (Lipinski definition) is 2. The summed E-state index contributed by atoms with van der Waals surface area (Å²) in [7, 11) is 1.76. The third kappa shape index (κ3) is 1.57. The van der Waals surface area contributed by atoms with E-state index in [0.29, 0.717) is 11.3 Å². The summed E-state index contributed by atoms with van der Waals surface area (Å²) in [5, 5.41) is 11.3. The topological polar surface area (TPSA) is 29.5 Å². The molecule has 0 aromatic heterocycles. The van der Waals surface area contributed by atoms with E-state index in [2.05, 4.69) is 37.3 Å². The zero-order chi connectivity index (χ0) is 16.6. The lowest BCUT2D eigenvalue weighted by atomic mass is 9.43. The van der Waals surface area contributed by atoms with Crippen LogP contribution in [0.15, 0.2) is 30.4 Å². The molecule has 0 aliphatic heterocycles. The first-order valence-electron chi connectivity index (χ1n) is 9.60. The summed E-state index contributed by atoms with van der Waals surface area (Å²) in [6, 6.07) is 6.71. The summed E-state index contributed by atoms with van der Waals surface area (Å²) in [5.74, 6) is 2.37. The van der Waals surface area contributed by atoms with Crippen molar-refractivity contribution in [3.8, 4) is 5.75 Å². The highest BCUT2D eigenvalue weighted by molar-refractivity contribution is 5.42. The van der Waals surface area contributed by atoms with Crippen LogP contribution in [0.4, 0.5) is 0 Å². The van der Waals surface area contributed by atoms with Gasteiger partial charge in [0.1, 0.15) is 5.75 Å². The SMILES string of the molecule is COc1ccc2c(c1)CC[C@@H]1[C@@H]2CC[C@@]2(C)[C@@]13CC=C[C@@]2(O)CC3. The van der Waals surface area contributed by atoms with Crippen molar-refractivity contribution in [2.45, 2.75) is 63.4 Å². The van der Waals surface area contributed by atoms with Crippen LogP contribution in [0.5, 0.6) is 5.75 Å².